The van der Waals surface area contributed by atoms with Crippen molar-refractivity contribution in [3.63, 3.8) is 0 Å². The van der Waals surface area contributed by atoms with Gasteiger partial charge in [-0.05, 0) is 25.0 Å². The van der Waals surface area contributed by atoms with Gasteiger partial charge in [-0.25, -0.2) is 9.78 Å². The van der Waals surface area contributed by atoms with Crippen LogP contribution in [0.3, 0.4) is 0 Å². The van der Waals surface area contributed by atoms with Crippen molar-refractivity contribution in [2.45, 2.75) is 18.9 Å². The van der Waals surface area contributed by atoms with E-state index in [-0.39, 0.29) is 23.9 Å². The molecule has 4 heterocycles. The Balaban J connectivity index is 1.91. The van der Waals surface area contributed by atoms with Crippen LogP contribution < -0.4 is 22.3 Å². The van der Waals surface area contributed by atoms with Gasteiger partial charge in [0.15, 0.2) is 0 Å². The average molecular weight is 436 g/mol. The molecule has 5 N–H and O–H groups in total. The first-order chi connectivity index (χ1) is 15.4. The number of nitrogens with zero attached hydrogens (tertiary/aromatic N) is 4. The van der Waals surface area contributed by atoms with Gasteiger partial charge in [0.1, 0.15) is 5.52 Å². The highest BCUT2D eigenvalue weighted by Gasteiger charge is 2.25. The number of likely N-dealkylation sites (tertiary alicyclic amines) is 1. The maximum absolute atomic E-state index is 12.9. The molecule has 166 valence electrons. The largest absolute Gasteiger partial charge is 0.393 e. The van der Waals surface area contributed by atoms with Crippen molar-refractivity contribution >= 4 is 39.6 Å². The molecule has 0 bridgehead atoms. The predicted molar refractivity (Wildman–Crippen MR) is 122 cm³/mol. The molecule has 3 aromatic heterocycles. The number of aromatic nitrogens is 4. The van der Waals surface area contributed by atoms with E-state index < -0.39 is 11.2 Å². The lowest BCUT2D eigenvalue weighted by molar-refractivity contribution is -0.119. The molecule has 0 saturated carbocycles. The van der Waals surface area contributed by atoms with Crippen molar-refractivity contribution < 1.29 is 4.79 Å². The van der Waals surface area contributed by atoms with Crippen LogP contribution in [-0.4, -0.2) is 63.2 Å². The van der Waals surface area contributed by atoms with Crippen LogP contribution >= 0.6 is 0 Å². The molecule has 1 aliphatic rings. The van der Waals surface area contributed by atoms with Crippen molar-refractivity contribution in [3.05, 3.63) is 51.1 Å². The first kappa shape index (κ1) is 21.4. The molecule has 1 saturated heterocycles. The van der Waals surface area contributed by atoms with E-state index in [4.69, 9.17) is 11.1 Å². The van der Waals surface area contributed by atoms with Gasteiger partial charge < -0.3 is 16.5 Å². The molecule has 0 radical (unpaired) electrons. The fourth-order valence-electron chi connectivity index (χ4n) is 4.20. The SMILES string of the molecule is CN/C=C(\C=N)c1ccc2ncc3c(=O)[nH]c(=O)n(C4CCN(CC(N)=O)CC4)c3c2n1. The van der Waals surface area contributed by atoms with Crippen LogP contribution in [0.5, 0.6) is 0 Å². The average Bonchev–Trinajstić information content (AvgIpc) is 2.77. The second-order valence-corrected chi connectivity index (χ2v) is 7.72. The Morgan fingerprint density at radius 3 is 2.75 bits per heavy atom. The summed E-state index contributed by atoms with van der Waals surface area (Å²) in [7, 11) is 1.73. The molecule has 11 nitrogen and oxygen atoms in total. The summed E-state index contributed by atoms with van der Waals surface area (Å²) in [6.45, 7) is 1.38. The maximum atomic E-state index is 12.9. The van der Waals surface area contributed by atoms with E-state index in [1.807, 2.05) is 4.90 Å². The fourth-order valence-corrected chi connectivity index (χ4v) is 4.20. The molecule has 1 aliphatic heterocycles. The minimum atomic E-state index is -0.521. The molecule has 11 heteroatoms. The zero-order valence-electron chi connectivity index (χ0n) is 17.6. The number of hydrogen-bond donors (Lipinski definition) is 4. The number of nitrogens with two attached hydrogens (primary N) is 1. The highest BCUT2D eigenvalue weighted by molar-refractivity contribution is 6.09. The van der Waals surface area contributed by atoms with Crippen molar-refractivity contribution in [2.75, 3.05) is 26.7 Å². The molecule has 32 heavy (non-hydrogen) atoms. The van der Waals surface area contributed by atoms with Crippen LogP contribution in [0.15, 0.2) is 34.1 Å². The zero-order valence-corrected chi connectivity index (χ0v) is 17.6. The fraction of sp³-hybridized carbons (Fsp3) is 0.333. The minimum absolute atomic E-state index is 0.177. The van der Waals surface area contributed by atoms with Gasteiger partial charge in [-0.2, -0.15) is 0 Å². The summed E-state index contributed by atoms with van der Waals surface area (Å²) in [5, 5.41) is 10.8. The molecule has 0 spiro atoms. The molecule has 3 aromatic rings. The second-order valence-electron chi connectivity index (χ2n) is 7.72. The summed E-state index contributed by atoms with van der Waals surface area (Å²) in [6.07, 6.45) is 5.51. The van der Waals surface area contributed by atoms with Crippen molar-refractivity contribution in [2.24, 2.45) is 5.73 Å². The normalized spacial score (nSPS) is 15.8. The van der Waals surface area contributed by atoms with Gasteiger partial charge in [-0.3, -0.25) is 29.0 Å². The number of allylic oxidation sites excluding steroid dienone is 1. The number of piperidine rings is 1. The van der Waals surface area contributed by atoms with Crippen LogP contribution in [0.25, 0.3) is 27.5 Å². The number of nitrogens with one attached hydrogen (secondary N) is 3. The molecular formula is C21H24N8O3. The molecule has 1 amide bonds. The second kappa shape index (κ2) is 8.71. The maximum Gasteiger partial charge on any atom is 0.329 e. The number of rotatable bonds is 6. The number of H-pyrrole nitrogens is 1. The van der Waals surface area contributed by atoms with Gasteiger partial charge in [0, 0.05) is 50.4 Å². The van der Waals surface area contributed by atoms with Gasteiger partial charge in [0.2, 0.25) is 5.91 Å². The number of carbonyl (C=O) groups is 1. The summed E-state index contributed by atoms with van der Waals surface area (Å²) in [5.74, 6) is -0.388. The van der Waals surface area contributed by atoms with Crippen molar-refractivity contribution in [1.82, 2.24) is 29.7 Å². The standard InChI is InChI=1S/C21H24N8O3/c1-24-9-12(8-22)15-2-3-16-18(26-15)19-14(10-25-16)20(31)27-21(32)29(19)13-4-6-28(7-5-13)11-17(23)30/h2-3,8-10,13,22,24H,4-7,11H2,1H3,(H2,23,30)(H,27,31,32)/b12-9+,22-8?. The molecular weight excluding hydrogens is 412 g/mol. The van der Waals surface area contributed by atoms with Gasteiger partial charge in [0.05, 0.1) is 28.7 Å². The Morgan fingerprint density at radius 2 is 2.09 bits per heavy atom. The smallest absolute Gasteiger partial charge is 0.329 e. The van der Waals surface area contributed by atoms with E-state index in [0.717, 1.165) is 0 Å². The van der Waals surface area contributed by atoms with Gasteiger partial charge >= 0.3 is 5.69 Å². The lowest BCUT2D eigenvalue weighted by Gasteiger charge is -2.32. The topological polar surface area (TPSA) is 163 Å². The molecule has 0 aliphatic carbocycles. The third-order valence-corrected chi connectivity index (χ3v) is 5.66. The predicted octanol–water partition coefficient (Wildman–Crippen LogP) is -0.0349. The number of aromatic amines is 1. The summed E-state index contributed by atoms with van der Waals surface area (Å²) >= 11 is 0. The van der Waals surface area contributed by atoms with E-state index in [9.17, 15) is 14.4 Å². The first-order valence-corrected chi connectivity index (χ1v) is 10.3. The number of fused-ring (bicyclic) bond motifs is 3. The highest BCUT2D eigenvalue weighted by atomic mass is 16.2. The van der Waals surface area contributed by atoms with Crippen LogP contribution in [0.4, 0.5) is 0 Å². The molecule has 4 rings (SSSR count). The number of hydrogen-bond acceptors (Lipinski definition) is 8. The number of pyridine rings is 2. The summed E-state index contributed by atoms with van der Waals surface area (Å²) in [6, 6.07) is 3.32. The van der Waals surface area contributed by atoms with Gasteiger partial charge in [-0.1, -0.05) is 0 Å². The quantitative estimate of drug-likeness (QED) is 0.311. The third kappa shape index (κ3) is 3.89. The van der Waals surface area contributed by atoms with Gasteiger partial charge in [0.25, 0.3) is 5.56 Å². The van der Waals surface area contributed by atoms with E-state index in [0.29, 0.717) is 53.7 Å². The van der Waals surface area contributed by atoms with Crippen molar-refractivity contribution in [1.29, 1.82) is 5.41 Å². The molecule has 0 unspecified atom stereocenters. The number of carbonyl (C=O) groups excluding carboxylic acids is 1. The summed E-state index contributed by atoms with van der Waals surface area (Å²) in [5.41, 5.74) is 6.73. The Morgan fingerprint density at radius 1 is 1.34 bits per heavy atom. The Labute approximate surface area is 182 Å². The number of primary amides is 1. The van der Waals surface area contributed by atoms with E-state index in [2.05, 4.69) is 20.3 Å². The lowest BCUT2D eigenvalue weighted by Crippen LogP contribution is -2.42. The van der Waals surface area contributed by atoms with Gasteiger partial charge in [-0.15, -0.1) is 0 Å². The molecule has 0 aromatic carbocycles. The highest BCUT2D eigenvalue weighted by Crippen LogP contribution is 2.27. The Kier molecular flexibility index (Phi) is 5.82. The van der Waals surface area contributed by atoms with Crippen LogP contribution in [0, 0.1) is 5.41 Å². The molecule has 1 fully saturated rings. The van der Waals surface area contributed by atoms with Crippen LogP contribution in [0.2, 0.25) is 0 Å². The Hall–Kier alpha value is -3.86. The van der Waals surface area contributed by atoms with E-state index in [1.165, 1.54) is 12.4 Å². The van der Waals surface area contributed by atoms with Crippen molar-refractivity contribution in [3.8, 4) is 0 Å². The summed E-state index contributed by atoms with van der Waals surface area (Å²) in [4.78, 5) is 50.1. The first-order valence-electron chi connectivity index (χ1n) is 10.3. The Bertz CT molecular complexity index is 1350. The third-order valence-electron chi connectivity index (χ3n) is 5.66. The van der Waals surface area contributed by atoms with Crippen LogP contribution in [-0.2, 0) is 4.79 Å². The van der Waals surface area contributed by atoms with E-state index >= 15 is 0 Å². The van der Waals surface area contributed by atoms with E-state index in [1.54, 1.807) is 29.9 Å². The summed E-state index contributed by atoms with van der Waals surface area (Å²) < 4.78 is 1.59. The van der Waals surface area contributed by atoms with Crippen LogP contribution in [0.1, 0.15) is 24.6 Å². The minimum Gasteiger partial charge on any atom is -0.393 e. The number of amides is 1. The molecule has 0 atom stereocenters. The lowest BCUT2D eigenvalue weighted by atomic mass is 10.0. The zero-order chi connectivity index (χ0) is 22.8. The monoisotopic (exact) mass is 436 g/mol.